The molecule has 1 heterocycles. The van der Waals surface area contributed by atoms with Crippen molar-refractivity contribution < 1.29 is 9.53 Å². The molecular formula is C11H10O2. The van der Waals surface area contributed by atoms with Gasteiger partial charge < -0.3 is 9.53 Å². The summed E-state index contributed by atoms with van der Waals surface area (Å²) in [4.78, 5) is 10.7. The largest absolute Gasteiger partial charge is 0.465 e. The third-order valence-corrected chi connectivity index (χ3v) is 2.15. The Bertz CT molecular complexity index is 366. The number of aryl methyl sites for hydroxylation is 1. The third-order valence-electron chi connectivity index (χ3n) is 2.15. The van der Waals surface area contributed by atoms with Crippen molar-refractivity contribution in [3.63, 3.8) is 0 Å². The molecule has 0 fully saturated rings. The van der Waals surface area contributed by atoms with E-state index in [1.165, 1.54) is 0 Å². The second-order valence-corrected chi connectivity index (χ2v) is 3.15. The molecule has 1 aromatic rings. The van der Waals surface area contributed by atoms with E-state index in [1.807, 2.05) is 25.1 Å². The normalized spacial score (nSPS) is 19.0. The molecule has 1 aliphatic rings. The molecular weight excluding hydrogens is 164 g/mol. The van der Waals surface area contributed by atoms with Gasteiger partial charge in [0.05, 0.1) is 12.2 Å². The van der Waals surface area contributed by atoms with Crippen molar-refractivity contribution in [1.82, 2.24) is 0 Å². The Morgan fingerprint density at radius 1 is 1.46 bits per heavy atom. The van der Waals surface area contributed by atoms with Crippen molar-refractivity contribution in [2.45, 2.75) is 12.8 Å². The second kappa shape index (κ2) is 3.05. The number of aldehydes is 1. The number of rotatable bonds is 1. The molecule has 66 valence electrons. The molecule has 0 spiro atoms. The van der Waals surface area contributed by atoms with Gasteiger partial charge in [-0.3, -0.25) is 0 Å². The van der Waals surface area contributed by atoms with Crippen molar-refractivity contribution >= 4 is 6.29 Å². The van der Waals surface area contributed by atoms with Crippen LogP contribution >= 0.6 is 0 Å². The minimum Gasteiger partial charge on any atom is -0.465 e. The van der Waals surface area contributed by atoms with Crippen LogP contribution in [-0.4, -0.2) is 6.29 Å². The predicted molar refractivity (Wildman–Crippen MR) is 49.8 cm³/mol. The Morgan fingerprint density at radius 2 is 2.31 bits per heavy atom. The number of carbonyl (C=O) groups is 1. The fraction of sp³-hybridized carbons (Fsp3) is 0.182. The quantitative estimate of drug-likeness (QED) is 0.610. The number of carbonyl (C=O) groups excluding carboxylic acids is 1. The zero-order valence-corrected chi connectivity index (χ0v) is 7.36. The molecule has 0 bridgehead atoms. The highest BCUT2D eigenvalue weighted by Crippen LogP contribution is 2.30. The standard InChI is InChI=1S/C11H10O2/c1-8-2-3-11-10(6-8)9(7-12)4-5-13-11/h2-7,9H,1H3. The summed E-state index contributed by atoms with van der Waals surface area (Å²) in [6, 6.07) is 5.85. The molecule has 0 radical (unpaired) electrons. The van der Waals surface area contributed by atoms with E-state index in [0.29, 0.717) is 0 Å². The number of hydrogen-bond acceptors (Lipinski definition) is 2. The Kier molecular flexibility index (Phi) is 1.89. The zero-order chi connectivity index (χ0) is 9.26. The molecule has 2 heteroatoms. The van der Waals surface area contributed by atoms with E-state index in [4.69, 9.17) is 4.74 Å². The van der Waals surface area contributed by atoms with Crippen LogP contribution in [-0.2, 0) is 4.79 Å². The van der Waals surface area contributed by atoms with Crippen molar-refractivity contribution in [2.75, 3.05) is 0 Å². The van der Waals surface area contributed by atoms with Crippen LogP contribution in [0.25, 0.3) is 0 Å². The van der Waals surface area contributed by atoms with E-state index in [9.17, 15) is 4.79 Å². The number of allylic oxidation sites excluding steroid dienone is 1. The molecule has 2 nitrogen and oxygen atoms in total. The molecule has 0 saturated heterocycles. The molecule has 0 aromatic heterocycles. The average Bonchev–Trinajstić information content (AvgIpc) is 2.17. The molecule has 0 N–H and O–H groups in total. The van der Waals surface area contributed by atoms with E-state index < -0.39 is 0 Å². The van der Waals surface area contributed by atoms with Gasteiger partial charge in [-0.1, -0.05) is 17.7 Å². The van der Waals surface area contributed by atoms with Crippen LogP contribution in [0.3, 0.4) is 0 Å². The third kappa shape index (κ3) is 1.35. The van der Waals surface area contributed by atoms with Gasteiger partial charge in [0.1, 0.15) is 12.0 Å². The first-order valence-corrected chi connectivity index (χ1v) is 4.20. The van der Waals surface area contributed by atoms with Gasteiger partial charge in [0.2, 0.25) is 0 Å². The SMILES string of the molecule is Cc1ccc2c(c1)C(C=O)C=CO2. The zero-order valence-electron chi connectivity index (χ0n) is 7.36. The van der Waals surface area contributed by atoms with Crippen LogP contribution in [0.1, 0.15) is 17.0 Å². The van der Waals surface area contributed by atoms with E-state index in [-0.39, 0.29) is 5.92 Å². The maximum absolute atomic E-state index is 10.7. The van der Waals surface area contributed by atoms with Crippen LogP contribution in [0.15, 0.2) is 30.5 Å². The summed E-state index contributed by atoms with van der Waals surface area (Å²) in [6.45, 7) is 2.00. The summed E-state index contributed by atoms with van der Waals surface area (Å²) < 4.78 is 5.27. The van der Waals surface area contributed by atoms with Crippen molar-refractivity contribution in [2.24, 2.45) is 0 Å². The lowest BCUT2D eigenvalue weighted by Crippen LogP contribution is -2.05. The van der Waals surface area contributed by atoms with Gasteiger partial charge in [-0.2, -0.15) is 0 Å². The number of fused-ring (bicyclic) bond motifs is 1. The highest BCUT2D eigenvalue weighted by Gasteiger charge is 2.16. The number of ether oxygens (including phenoxy) is 1. The summed E-state index contributed by atoms with van der Waals surface area (Å²) in [6.07, 6.45) is 4.25. The molecule has 1 unspecified atom stereocenters. The summed E-state index contributed by atoms with van der Waals surface area (Å²) >= 11 is 0. The Hall–Kier alpha value is -1.57. The van der Waals surface area contributed by atoms with Gasteiger partial charge in [0.15, 0.2) is 0 Å². The first-order chi connectivity index (χ1) is 6.31. The van der Waals surface area contributed by atoms with Gasteiger partial charge in [-0.15, -0.1) is 0 Å². The van der Waals surface area contributed by atoms with Gasteiger partial charge in [-0.05, 0) is 19.1 Å². The van der Waals surface area contributed by atoms with E-state index >= 15 is 0 Å². The molecule has 0 saturated carbocycles. The van der Waals surface area contributed by atoms with Crippen molar-refractivity contribution in [3.05, 3.63) is 41.7 Å². The Morgan fingerprint density at radius 3 is 3.08 bits per heavy atom. The summed E-state index contributed by atoms with van der Waals surface area (Å²) in [5, 5.41) is 0. The van der Waals surface area contributed by atoms with Crippen LogP contribution in [0.2, 0.25) is 0 Å². The molecule has 2 rings (SSSR count). The van der Waals surface area contributed by atoms with Crippen molar-refractivity contribution in [3.8, 4) is 5.75 Å². The van der Waals surface area contributed by atoms with E-state index in [1.54, 1.807) is 12.3 Å². The van der Waals surface area contributed by atoms with Gasteiger partial charge in [0, 0.05) is 5.56 Å². The first-order valence-electron chi connectivity index (χ1n) is 4.20. The fourth-order valence-electron chi connectivity index (χ4n) is 1.46. The summed E-state index contributed by atoms with van der Waals surface area (Å²) in [5.74, 6) is 0.633. The lowest BCUT2D eigenvalue weighted by Gasteiger charge is -2.16. The average molecular weight is 174 g/mol. The number of benzene rings is 1. The smallest absolute Gasteiger partial charge is 0.131 e. The molecule has 1 aliphatic heterocycles. The minimum absolute atomic E-state index is 0.149. The van der Waals surface area contributed by atoms with Gasteiger partial charge in [0.25, 0.3) is 0 Å². The molecule has 1 atom stereocenters. The van der Waals surface area contributed by atoms with Crippen LogP contribution in [0.5, 0.6) is 5.75 Å². The lowest BCUT2D eigenvalue weighted by atomic mass is 9.96. The van der Waals surface area contributed by atoms with Crippen LogP contribution in [0.4, 0.5) is 0 Å². The maximum atomic E-state index is 10.7. The van der Waals surface area contributed by atoms with Crippen molar-refractivity contribution in [1.29, 1.82) is 0 Å². The summed E-state index contributed by atoms with van der Waals surface area (Å²) in [7, 11) is 0. The lowest BCUT2D eigenvalue weighted by molar-refractivity contribution is -0.108. The van der Waals surface area contributed by atoms with Crippen LogP contribution in [0, 0.1) is 6.92 Å². The molecule has 13 heavy (non-hydrogen) atoms. The molecule has 1 aromatic carbocycles. The predicted octanol–water partition coefficient (Wildman–Crippen LogP) is 2.18. The van der Waals surface area contributed by atoms with E-state index in [0.717, 1.165) is 23.2 Å². The molecule has 0 aliphatic carbocycles. The topological polar surface area (TPSA) is 26.3 Å². The highest BCUT2D eigenvalue weighted by molar-refractivity contribution is 5.68. The summed E-state index contributed by atoms with van der Waals surface area (Å²) in [5.41, 5.74) is 2.10. The number of hydrogen-bond donors (Lipinski definition) is 0. The van der Waals surface area contributed by atoms with Gasteiger partial charge >= 0.3 is 0 Å². The van der Waals surface area contributed by atoms with Gasteiger partial charge in [-0.25, -0.2) is 0 Å². The second-order valence-electron chi connectivity index (χ2n) is 3.15. The van der Waals surface area contributed by atoms with Crippen LogP contribution < -0.4 is 4.74 Å². The Balaban J connectivity index is 2.52. The fourth-order valence-corrected chi connectivity index (χ4v) is 1.46. The minimum atomic E-state index is -0.149. The highest BCUT2D eigenvalue weighted by atomic mass is 16.5. The monoisotopic (exact) mass is 174 g/mol. The van der Waals surface area contributed by atoms with E-state index in [2.05, 4.69) is 0 Å². The Labute approximate surface area is 76.8 Å². The maximum Gasteiger partial charge on any atom is 0.131 e. The first kappa shape index (κ1) is 8.05. The molecule has 0 amide bonds.